The lowest BCUT2D eigenvalue weighted by atomic mass is 9.99. The first-order valence-corrected chi connectivity index (χ1v) is 25.1. The van der Waals surface area contributed by atoms with Gasteiger partial charge in [0.05, 0.1) is 0 Å². The minimum absolute atomic E-state index is 0.186. The lowest BCUT2D eigenvalue weighted by molar-refractivity contribution is 0.0774. The fourth-order valence-electron chi connectivity index (χ4n) is 9.93. The lowest BCUT2D eigenvalue weighted by Gasteiger charge is -2.16. The van der Waals surface area contributed by atoms with Crippen LogP contribution in [0.3, 0.4) is 0 Å². The van der Waals surface area contributed by atoms with Gasteiger partial charge in [0, 0.05) is 58.1 Å². The molecule has 20 heteroatoms. The Morgan fingerprint density at radius 3 is 1.45 bits per heavy atom. The highest BCUT2D eigenvalue weighted by Crippen LogP contribution is 2.41. The van der Waals surface area contributed by atoms with E-state index in [1.807, 2.05) is 6.26 Å². The average molecular weight is 915 g/mol. The molecule has 2 aromatic heterocycles. The molecule has 4 heterocycles. The minimum atomic E-state index is -4.23. The smallest absolute Gasteiger partial charge is 0.333 e. The highest BCUT2D eigenvalue weighted by Gasteiger charge is 2.31. The number of hydrogen-bond acceptors (Lipinski definition) is 11. The number of ether oxygens (including phenoxy) is 1. The number of urea groups is 1. The molecule has 0 atom stereocenters. The molecule has 0 saturated carbocycles. The van der Waals surface area contributed by atoms with Crippen LogP contribution >= 0.6 is 0 Å². The number of nitrogens with two attached hydrogens (primary N) is 1. The molecule has 2 aliphatic heterocycles. The molecule has 0 radical (unpaired) electrons. The van der Waals surface area contributed by atoms with Crippen molar-refractivity contribution in [3.63, 3.8) is 0 Å². The van der Waals surface area contributed by atoms with Gasteiger partial charge in [-0.25, -0.2) is 23.1 Å². The average Bonchev–Trinajstić information content (AvgIpc) is 4.08. The maximum Gasteiger partial charge on any atom is 0.333 e. The van der Waals surface area contributed by atoms with Gasteiger partial charge in [-0.05, 0) is 147 Å². The van der Waals surface area contributed by atoms with Crippen molar-refractivity contribution in [2.75, 3.05) is 31.5 Å². The second-order valence-corrected chi connectivity index (χ2v) is 20.3. The molecule has 6 aliphatic rings. The SMILES string of the molecule is Cn1nc(S(=O)(=O)NC(=O)Nc2c3c(cc4c2CCC4)CCC3)cc1C(=O)N1CCCC1.Cn1nc(S(N)(=O)=O)cc1C(=O)N1CCCC1.N#COc1c2c(cc3c1CCC3)CCC2. The van der Waals surface area contributed by atoms with Crippen LogP contribution in [0, 0.1) is 11.5 Å². The summed E-state index contributed by atoms with van der Waals surface area (Å²) in [5, 5.41) is 23.6. The largest absolute Gasteiger partial charge is 0.387 e. The van der Waals surface area contributed by atoms with Gasteiger partial charge in [0.2, 0.25) is 0 Å². The number of amides is 4. The number of aromatic nitrogens is 4. The lowest BCUT2D eigenvalue weighted by Crippen LogP contribution is -2.35. The van der Waals surface area contributed by atoms with Crippen molar-refractivity contribution >= 4 is 43.6 Å². The first-order chi connectivity index (χ1) is 30.6. The molecular formula is C44H54N10O8S2. The number of fused-ring (bicyclic) bond motifs is 4. The number of anilines is 1. The Morgan fingerprint density at radius 2 is 1.03 bits per heavy atom. The van der Waals surface area contributed by atoms with E-state index >= 15 is 0 Å². The van der Waals surface area contributed by atoms with Crippen LogP contribution in [0.2, 0.25) is 0 Å². The molecular weight excluding hydrogens is 861 g/mol. The van der Waals surface area contributed by atoms with Gasteiger partial charge in [0.1, 0.15) is 17.1 Å². The summed E-state index contributed by atoms with van der Waals surface area (Å²) in [6, 6.07) is 6.23. The van der Waals surface area contributed by atoms with E-state index in [4.69, 9.17) is 15.1 Å². The third-order valence-corrected chi connectivity index (χ3v) is 15.0. The van der Waals surface area contributed by atoms with Gasteiger partial charge in [0.25, 0.3) is 38.1 Å². The number of carbonyl (C=O) groups is 3. The van der Waals surface area contributed by atoms with E-state index in [1.165, 1.54) is 81.8 Å². The zero-order chi connectivity index (χ0) is 45.3. The summed E-state index contributed by atoms with van der Waals surface area (Å²) < 4.78 is 57.7. The van der Waals surface area contributed by atoms with Crippen molar-refractivity contribution in [1.29, 1.82) is 5.26 Å². The molecule has 0 spiro atoms. The van der Waals surface area contributed by atoms with E-state index in [1.54, 1.807) is 9.80 Å². The molecule has 2 fully saturated rings. The molecule has 4 aromatic rings. The van der Waals surface area contributed by atoms with Crippen LogP contribution in [0.4, 0.5) is 10.5 Å². The van der Waals surface area contributed by atoms with E-state index in [9.17, 15) is 31.2 Å². The van der Waals surface area contributed by atoms with E-state index in [-0.39, 0.29) is 33.3 Å². The standard InChI is InChI=1S/C22H27N5O4S.C13H13NO.C9H14N4O3S/c1-26-18(21(28)27-10-2-3-11-27)13-19(24-26)32(30,31)25-22(29)23-20-16-8-4-6-14(16)12-15-7-5-9-17(15)20;14-8-15-13-11-5-1-3-9(11)7-10-4-2-6-12(10)13;1-12-7(6-8(11-12)17(10,15)16)9(14)13-4-2-3-5-13/h12-13H,2-11H2,1H3,(H2,23,25,29);7H,1-6H2;6H,2-5H2,1H3,(H2,10,15,16). The minimum Gasteiger partial charge on any atom is -0.387 e. The molecule has 18 nitrogen and oxygen atoms in total. The highest BCUT2D eigenvalue weighted by atomic mass is 32.2. The summed E-state index contributed by atoms with van der Waals surface area (Å²) in [7, 11) is -5.04. The predicted molar refractivity (Wildman–Crippen MR) is 235 cm³/mol. The highest BCUT2D eigenvalue weighted by molar-refractivity contribution is 7.90. The first kappa shape index (κ1) is 44.8. The van der Waals surface area contributed by atoms with Crippen molar-refractivity contribution in [2.45, 2.75) is 113 Å². The Labute approximate surface area is 373 Å². The van der Waals surface area contributed by atoms with Gasteiger partial charge >= 0.3 is 6.03 Å². The number of nitriles is 1. The number of hydrogen-bond donors (Lipinski definition) is 3. The number of nitrogens with one attached hydrogen (secondary N) is 2. The molecule has 10 rings (SSSR count). The van der Waals surface area contributed by atoms with Crippen molar-refractivity contribution < 1.29 is 36.0 Å². The first-order valence-electron chi connectivity index (χ1n) is 22.0. The summed E-state index contributed by atoms with van der Waals surface area (Å²) in [4.78, 5) is 40.8. The monoisotopic (exact) mass is 914 g/mol. The van der Waals surface area contributed by atoms with Gasteiger partial charge in [-0.15, -0.1) is 5.26 Å². The molecule has 2 saturated heterocycles. The molecule has 4 N–H and O–H groups in total. The number of sulfonamides is 2. The Bertz CT molecular complexity index is 2710. The second kappa shape index (κ2) is 18.4. The van der Waals surface area contributed by atoms with Crippen molar-refractivity contribution in [3.05, 3.63) is 80.2 Å². The fourth-order valence-corrected chi connectivity index (χ4v) is 11.3. The van der Waals surface area contributed by atoms with Crippen molar-refractivity contribution in [1.82, 2.24) is 34.1 Å². The fraction of sp³-hybridized carbons (Fsp3) is 0.500. The van der Waals surface area contributed by atoms with Gasteiger partial charge in [-0.2, -0.15) is 18.6 Å². The molecule has 0 unspecified atom stereocenters. The Hall–Kier alpha value is -5.78. The van der Waals surface area contributed by atoms with Gasteiger partial charge in [0.15, 0.2) is 10.1 Å². The maximum atomic E-state index is 12.8. The summed E-state index contributed by atoms with van der Waals surface area (Å²) in [6.07, 6.45) is 18.4. The van der Waals surface area contributed by atoms with Crippen LogP contribution in [-0.4, -0.2) is 90.2 Å². The molecule has 4 amide bonds. The zero-order valence-electron chi connectivity index (χ0n) is 36.2. The molecule has 0 bridgehead atoms. The predicted octanol–water partition coefficient (Wildman–Crippen LogP) is 3.97. The molecule has 2 aromatic carbocycles. The Morgan fingerprint density at radius 1 is 0.625 bits per heavy atom. The summed E-state index contributed by atoms with van der Waals surface area (Å²) in [5.41, 5.74) is 11.4. The molecule has 340 valence electrons. The zero-order valence-corrected chi connectivity index (χ0v) is 37.9. The van der Waals surface area contributed by atoms with Crippen LogP contribution in [0.5, 0.6) is 5.75 Å². The topological polar surface area (TPSA) is 245 Å². The van der Waals surface area contributed by atoms with Crippen molar-refractivity contribution in [2.24, 2.45) is 19.2 Å². The number of primary sulfonamides is 1. The van der Waals surface area contributed by atoms with Crippen LogP contribution in [0.15, 0.2) is 34.3 Å². The van der Waals surface area contributed by atoms with Crippen LogP contribution in [-0.2, 0) is 85.5 Å². The number of aryl methyl sites for hydroxylation is 6. The van der Waals surface area contributed by atoms with E-state index < -0.39 is 26.1 Å². The summed E-state index contributed by atoms with van der Waals surface area (Å²) in [5.74, 6) is 0.450. The normalized spacial score (nSPS) is 17.0. The molecule has 64 heavy (non-hydrogen) atoms. The number of carbonyl (C=O) groups excluding carboxylic acids is 3. The van der Waals surface area contributed by atoms with E-state index in [0.29, 0.717) is 26.2 Å². The number of benzene rings is 2. The van der Waals surface area contributed by atoms with Crippen LogP contribution in [0.25, 0.3) is 0 Å². The third kappa shape index (κ3) is 9.24. The van der Waals surface area contributed by atoms with Gasteiger partial charge < -0.3 is 19.9 Å². The summed E-state index contributed by atoms with van der Waals surface area (Å²) >= 11 is 0. The van der Waals surface area contributed by atoms with Gasteiger partial charge in [-0.1, -0.05) is 12.1 Å². The molecule has 4 aliphatic carbocycles. The number of nitrogens with zero attached hydrogens (tertiary/aromatic N) is 7. The van der Waals surface area contributed by atoms with E-state index in [2.05, 4.69) is 32.4 Å². The van der Waals surface area contributed by atoms with Crippen LogP contribution < -0.4 is 19.9 Å². The van der Waals surface area contributed by atoms with Crippen molar-refractivity contribution in [3.8, 4) is 12.0 Å². The van der Waals surface area contributed by atoms with Crippen LogP contribution in [0.1, 0.15) is 117 Å². The Kier molecular flexibility index (Phi) is 12.9. The summed E-state index contributed by atoms with van der Waals surface area (Å²) in [6.45, 7) is 2.71. The third-order valence-electron chi connectivity index (χ3n) is 13.0. The number of rotatable bonds is 7. The quantitative estimate of drug-likeness (QED) is 0.224. The Balaban J connectivity index is 0.000000146. The number of likely N-dealkylation sites (tertiary alicyclic amines) is 2. The van der Waals surface area contributed by atoms with Gasteiger partial charge in [-0.3, -0.25) is 19.0 Å². The maximum absolute atomic E-state index is 12.8. The second-order valence-electron chi connectivity index (χ2n) is 17.2. The van der Waals surface area contributed by atoms with E-state index in [0.717, 1.165) is 112 Å².